The zero-order valence-electron chi connectivity index (χ0n) is 10.1. The van der Waals surface area contributed by atoms with Crippen LogP contribution in [0.5, 0.6) is 0 Å². The van der Waals surface area contributed by atoms with Gasteiger partial charge in [-0.15, -0.1) is 0 Å². The first-order chi connectivity index (χ1) is 7.88. The van der Waals surface area contributed by atoms with Crippen molar-refractivity contribution in [3.63, 3.8) is 0 Å². The zero-order chi connectivity index (χ0) is 12.9. The number of alkyl carbamates (subject to hydrolysis) is 1. The maximum atomic E-state index is 11.5. The Morgan fingerprint density at radius 3 is 2.71 bits per heavy atom. The first-order valence-electron chi connectivity index (χ1n) is 5.28. The van der Waals surface area contributed by atoms with Crippen LogP contribution in [-0.4, -0.2) is 28.4 Å². The summed E-state index contributed by atoms with van der Waals surface area (Å²) < 4.78 is 8.88. The molecule has 0 fully saturated rings. The van der Waals surface area contributed by atoms with Gasteiger partial charge in [0.15, 0.2) is 5.78 Å². The Kier molecular flexibility index (Phi) is 4.62. The van der Waals surface area contributed by atoms with Crippen molar-refractivity contribution >= 4 is 23.4 Å². The number of rotatable bonds is 4. The lowest BCUT2D eigenvalue weighted by Crippen LogP contribution is -2.33. The maximum Gasteiger partial charge on any atom is 0.407 e. The van der Waals surface area contributed by atoms with Crippen molar-refractivity contribution in [3.05, 3.63) is 17.1 Å². The van der Waals surface area contributed by atoms with Crippen molar-refractivity contribution in [1.82, 2.24) is 9.69 Å². The van der Waals surface area contributed by atoms with E-state index in [1.165, 1.54) is 17.7 Å². The Hall–Kier alpha value is -1.43. The minimum atomic E-state index is -0.522. The Bertz CT molecular complexity index is 382. The first kappa shape index (κ1) is 13.6. The molecule has 1 heterocycles. The molecule has 1 aromatic heterocycles. The molecule has 0 spiro atoms. The molecule has 0 atom stereocenters. The summed E-state index contributed by atoms with van der Waals surface area (Å²) in [6.07, 6.45) is 1.27. The standard InChI is InChI=1S/C11H16N2O3S/c1-11(2,3)16-10(15)12-5-4-9(14)8-6-13-17-7-8/h6-7H,4-5H2,1-3H3,(H,12,15). The topological polar surface area (TPSA) is 68.3 Å². The van der Waals surface area contributed by atoms with E-state index in [0.717, 1.165) is 0 Å². The Morgan fingerprint density at radius 2 is 2.18 bits per heavy atom. The van der Waals surface area contributed by atoms with Gasteiger partial charge in [0.25, 0.3) is 0 Å². The quantitative estimate of drug-likeness (QED) is 0.839. The molecule has 0 radical (unpaired) electrons. The molecule has 0 saturated carbocycles. The summed E-state index contributed by atoms with van der Waals surface area (Å²) in [7, 11) is 0. The van der Waals surface area contributed by atoms with Gasteiger partial charge in [0, 0.05) is 23.9 Å². The highest BCUT2D eigenvalue weighted by molar-refractivity contribution is 7.03. The fourth-order valence-electron chi connectivity index (χ4n) is 1.08. The Morgan fingerprint density at radius 1 is 1.47 bits per heavy atom. The molecule has 1 aromatic rings. The molecule has 94 valence electrons. The van der Waals surface area contributed by atoms with Crippen molar-refractivity contribution in [2.24, 2.45) is 0 Å². The molecular weight excluding hydrogens is 240 g/mol. The average Bonchev–Trinajstić information content (AvgIpc) is 2.66. The van der Waals surface area contributed by atoms with Gasteiger partial charge in [-0.25, -0.2) is 9.17 Å². The van der Waals surface area contributed by atoms with Crippen molar-refractivity contribution in [1.29, 1.82) is 0 Å². The number of nitrogens with one attached hydrogen (secondary N) is 1. The molecule has 0 saturated heterocycles. The van der Waals surface area contributed by atoms with Crippen LogP contribution in [0.4, 0.5) is 4.79 Å². The largest absolute Gasteiger partial charge is 0.444 e. The third-order valence-corrected chi connectivity index (χ3v) is 2.36. The van der Waals surface area contributed by atoms with E-state index in [2.05, 4.69) is 9.69 Å². The smallest absolute Gasteiger partial charge is 0.407 e. The normalized spacial score (nSPS) is 11.0. The Labute approximate surface area is 104 Å². The molecule has 0 aliphatic heterocycles. The minimum Gasteiger partial charge on any atom is -0.444 e. The molecule has 1 amide bonds. The van der Waals surface area contributed by atoms with Crippen LogP contribution in [-0.2, 0) is 4.74 Å². The minimum absolute atomic E-state index is 0.0326. The fraction of sp³-hybridized carbons (Fsp3) is 0.545. The molecule has 0 aromatic carbocycles. The third kappa shape index (κ3) is 5.44. The van der Waals surface area contributed by atoms with Crippen LogP contribution in [0.1, 0.15) is 37.6 Å². The lowest BCUT2D eigenvalue weighted by atomic mass is 10.2. The van der Waals surface area contributed by atoms with Crippen LogP contribution in [0, 0.1) is 0 Å². The summed E-state index contributed by atoms with van der Waals surface area (Å²) >= 11 is 1.23. The van der Waals surface area contributed by atoms with Gasteiger partial charge in [-0.05, 0) is 32.3 Å². The first-order valence-corrected chi connectivity index (χ1v) is 6.11. The molecule has 0 unspecified atom stereocenters. The van der Waals surface area contributed by atoms with Gasteiger partial charge in [0.2, 0.25) is 0 Å². The second kappa shape index (κ2) is 5.77. The molecule has 6 heteroatoms. The van der Waals surface area contributed by atoms with E-state index < -0.39 is 11.7 Å². The van der Waals surface area contributed by atoms with E-state index in [1.54, 1.807) is 26.2 Å². The maximum absolute atomic E-state index is 11.5. The van der Waals surface area contributed by atoms with Gasteiger partial charge in [-0.2, -0.15) is 0 Å². The number of aromatic nitrogens is 1. The van der Waals surface area contributed by atoms with Gasteiger partial charge in [-0.1, -0.05) is 0 Å². The van der Waals surface area contributed by atoms with Crippen LogP contribution < -0.4 is 5.32 Å². The van der Waals surface area contributed by atoms with Crippen molar-refractivity contribution in [3.8, 4) is 0 Å². The molecule has 1 rings (SSSR count). The van der Waals surface area contributed by atoms with Crippen LogP contribution >= 0.6 is 11.5 Å². The fourth-order valence-corrected chi connectivity index (χ4v) is 1.62. The number of ether oxygens (including phenoxy) is 1. The summed E-state index contributed by atoms with van der Waals surface area (Å²) in [5.74, 6) is -0.0326. The number of ketones is 1. The van der Waals surface area contributed by atoms with Gasteiger partial charge in [-0.3, -0.25) is 4.79 Å². The van der Waals surface area contributed by atoms with E-state index in [0.29, 0.717) is 5.56 Å². The summed E-state index contributed by atoms with van der Waals surface area (Å²) in [6, 6.07) is 0. The predicted molar refractivity (Wildman–Crippen MR) is 65.3 cm³/mol. The van der Waals surface area contributed by atoms with Crippen molar-refractivity contribution in [2.45, 2.75) is 32.8 Å². The van der Waals surface area contributed by atoms with Gasteiger partial charge in [0.05, 0.1) is 6.20 Å². The van der Waals surface area contributed by atoms with Gasteiger partial charge >= 0.3 is 6.09 Å². The number of hydrogen-bond donors (Lipinski definition) is 1. The summed E-state index contributed by atoms with van der Waals surface area (Å²) in [5.41, 5.74) is 0.0618. The summed E-state index contributed by atoms with van der Waals surface area (Å²) in [6.45, 7) is 5.63. The van der Waals surface area contributed by atoms with Crippen molar-refractivity contribution < 1.29 is 14.3 Å². The molecule has 0 bridgehead atoms. The van der Waals surface area contributed by atoms with Crippen LogP contribution in [0.3, 0.4) is 0 Å². The van der Waals surface area contributed by atoms with E-state index in [9.17, 15) is 9.59 Å². The lowest BCUT2D eigenvalue weighted by molar-refractivity contribution is 0.0527. The second-order valence-corrected chi connectivity index (χ2v) is 5.17. The monoisotopic (exact) mass is 256 g/mol. The van der Waals surface area contributed by atoms with Gasteiger partial charge in [0.1, 0.15) is 5.60 Å². The van der Waals surface area contributed by atoms with Crippen LogP contribution in [0.25, 0.3) is 0 Å². The summed E-state index contributed by atoms with van der Waals surface area (Å²) in [4.78, 5) is 22.8. The van der Waals surface area contributed by atoms with Crippen LogP contribution in [0.15, 0.2) is 11.6 Å². The molecule has 5 nitrogen and oxygen atoms in total. The highest BCUT2D eigenvalue weighted by Gasteiger charge is 2.16. The number of amides is 1. The van der Waals surface area contributed by atoms with E-state index >= 15 is 0 Å². The number of nitrogens with zero attached hydrogens (tertiary/aromatic N) is 1. The molecular formula is C11H16N2O3S. The van der Waals surface area contributed by atoms with E-state index in [-0.39, 0.29) is 18.7 Å². The Balaban J connectivity index is 2.24. The highest BCUT2D eigenvalue weighted by atomic mass is 32.1. The number of carbonyl (C=O) groups excluding carboxylic acids is 2. The SMILES string of the molecule is CC(C)(C)OC(=O)NCCC(=O)c1cnsc1. The highest BCUT2D eigenvalue weighted by Crippen LogP contribution is 2.07. The molecule has 1 N–H and O–H groups in total. The van der Waals surface area contributed by atoms with Crippen molar-refractivity contribution in [2.75, 3.05) is 6.54 Å². The number of hydrogen-bond acceptors (Lipinski definition) is 5. The second-order valence-electron chi connectivity index (χ2n) is 4.51. The lowest BCUT2D eigenvalue weighted by Gasteiger charge is -2.19. The van der Waals surface area contributed by atoms with E-state index in [1.807, 2.05) is 0 Å². The van der Waals surface area contributed by atoms with Gasteiger partial charge < -0.3 is 10.1 Å². The van der Waals surface area contributed by atoms with Crippen LogP contribution in [0.2, 0.25) is 0 Å². The predicted octanol–water partition coefficient (Wildman–Crippen LogP) is 2.24. The molecule has 0 aliphatic carbocycles. The number of Topliss-reactive ketones (excluding diaryl/α,β-unsaturated/α-hetero) is 1. The molecule has 17 heavy (non-hydrogen) atoms. The zero-order valence-corrected chi connectivity index (χ0v) is 11.0. The molecule has 0 aliphatic rings. The number of carbonyl (C=O) groups is 2. The average molecular weight is 256 g/mol. The van der Waals surface area contributed by atoms with E-state index in [4.69, 9.17) is 4.74 Å². The summed E-state index contributed by atoms with van der Waals surface area (Å²) in [5, 5.41) is 4.22. The third-order valence-electron chi connectivity index (χ3n) is 1.77.